The highest BCUT2D eigenvalue weighted by atomic mass is 28.2. The van der Waals surface area contributed by atoms with Gasteiger partial charge in [0.15, 0.2) is 0 Å². The van der Waals surface area contributed by atoms with Gasteiger partial charge in [-0.3, -0.25) is 0 Å². The van der Waals surface area contributed by atoms with Gasteiger partial charge in [0.05, 0.1) is 0 Å². The van der Waals surface area contributed by atoms with E-state index in [1.54, 1.807) is 32.7 Å². The van der Waals surface area contributed by atoms with Crippen LogP contribution in [0.1, 0.15) is 68.2 Å². The van der Waals surface area contributed by atoms with Crippen LogP contribution in [0, 0.1) is 10.8 Å². The van der Waals surface area contributed by atoms with E-state index in [1.807, 2.05) is 0 Å². The Bertz CT molecular complexity index is 514. The van der Waals surface area contributed by atoms with E-state index in [1.165, 1.54) is 12.8 Å². The molecule has 1 heteroatoms. The zero-order valence-electron chi connectivity index (χ0n) is 15.1. The third kappa shape index (κ3) is 3.34. The standard InChI is InChI=1S/C20H30Si/c1-13-15(19(3,4)5)9-11-17(13)21-18-12-10-16(14(18)2)20(6,7)8/h9-10H,11-12H2,1-8H3. The maximum Gasteiger partial charge on any atom is 0.111 e. The molecule has 0 amide bonds. The van der Waals surface area contributed by atoms with Gasteiger partial charge in [0.2, 0.25) is 0 Å². The zero-order valence-corrected chi connectivity index (χ0v) is 16.1. The smallest absolute Gasteiger partial charge is 0.0768 e. The van der Waals surface area contributed by atoms with E-state index in [0.717, 1.165) is 9.52 Å². The van der Waals surface area contributed by atoms with E-state index < -0.39 is 0 Å². The number of hydrogen-bond donors (Lipinski definition) is 0. The lowest BCUT2D eigenvalue weighted by molar-refractivity contribution is 0.511. The molecule has 0 aromatic carbocycles. The molecule has 0 N–H and O–H groups in total. The molecule has 0 unspecified atom stereocenters. The van der Waals surface area contributed by atoms with Crippen molar-refractivity contribution in [3.05, 3.63) is 44.8 Å². The van der Waals surface area contributed by atoms with Gasteiger partial charge in [-0.05, 0) is 48.7 Å². The van der Waals surface area contributed by atoms with Crippen molar-refractivity contribution in [2.45, 2.75) is 68.2 Å². The SMILES string of the molecule is CC1=C([Si]C2=C(C)C(C(C)(C)C)=CC2)CC=C1C(C)(C)C. The highest BCUT2D eigenvalue weighted by molar-refractivity contribution is 6.55. The van der Waals surface area contributed by atoms with Gasteiger partial charge in [0.25, 0.3) is 0 Å². The quantitative estimate of drug-likeness (QED) is 0.549. The molecule has 0 bridgehead atoms. The Kier molecular flexibility index (Phi) is 4.27. The van der Waals surface area contributed by atoms with E-state index in [2.05, 4.69) is 67.5 Å². The molecule has 0 aliphatic heterocycles. The molecule has 0 fully saturated rings. The molecular formula is C20H30Si. The molecule has 0 aromatic heterocycles. The second-order valence-corrected chi connectivity index (χ2v) is 9.93. The van der Waals surface area contributed by atoms with Crippen molar-refractivity contribution < 1.29 is 0 Å². The Hall–Kier alpha value is -0.823. The lowest BCUT2D eigenvalue weighted by Crippen LogP contribution is -2.11. The van der Waals surface area contributed by atoms with Crippen molar-refractivity contribution in [3.8, 4) is 0 Å². The Balaban J connectivity index is 2.19. The molecule has 21 heavy (non-hydrogen) atoms. The van der Waals surface area contributed by atoms with Crippen molar-refractivity contribution in [1.82, 2.24) is 0 Å². The van der Waals surface area contributed by atoms with Crippen molar-refractivity contribution in [1.29, 1.82) is 0 Å². The average Bonchev–Trinajstić information content (AvgIpc) is 2.83. The summed E-state index contributed by atoms with van der Waals surface area (Å²) < 4.78 is 0. The molecule has 2 radical (unpaired) electrons. The van der Waals surface area contributed by atoms with E-state index in [0.29, 0.717) is 0 Å². The summed E-state index contributed by atoms with van der Waals surface area (Å²) in [6, 6.07) is 0. The van der Waals surface area contributed by atoms with Crippen LogP contribution in [-0.4, -0.2) is 9.52 Å². The fourth-order valence-corrected chi connectivity index (χ4v) is 4.97. The lowest BCUT2D eigenvalue weighted by Gasteiger charge is -2.23. The van der Waals surface area contributed by atoms with Crippen molar-refractivity contribution in [2.75, 3.05) is 0 Å². The highest BCUT2D eigenvalue weighted by Crippen LogP contribution is 2.41. The number of rotatable bonds is 2. The van der Waals surface area contributed by atoms with Crippen LogP contribution < -0.4 is 0 Å². The van der Waals surface area contributed by atoms with Gasteiger partial charge in [-0.25, -0.2) is 0 Å². The van der Waals surface area contributed by atoms with Crippen LogP contribution in [-0.2, 0) is 0 Å². The molecule has 0 saturated heterocycles. The van der Waals surface area contributed by atoms with Gasteiger partial charge in [-0.2, -0.15) is 0 Å². The van der Waals surface area contributed by atoms with Crippen molar-refractivity contribution >= 4 is 9.52 Å². The predicted molar refractivity (Wildman–Crippen MR) is 95.5 cm³/mol. The molecule has 0 nitrogen and oxygen atoms in total. The lowest BCUT2D eigenvalue weighted by atomic mass is 9.84. The fourth-order valence-electron chi connectivity index (χ4n) is 3.55. The van der Waals surface area contributed by atoms with E-state index in [-0.39, 0.29) is 10.8 Å². The first-order chi connectivity index (χ1) is 9.51. The molecule has 2 aliphatic carbocycles. The maximum atomic E-state index is 2.46. The topological polar surface area (TPSA) is 0 Å². The van der Waals surface area contributed by atoms with Crippen LogP contribution >= 0.6 is 0 Å². The molecule has 0 heterocycles. The fraction of sp³-hybridized carbons (Fsp3) is 0.600. The number of allylic oxidation sites excluding steroid dienone is 8. The molecule has 0 aromatic rings. The minimum atomic E-state index is 0.282. The molecule has 0 atom stereocenters. The van der Waals surface area contributed by atoms with Crippen molar-refractivity contribution in [2.24, 2.45) is 10.8 Å². The molecule has 114 valence electrons. The Morgan fingerprint density at radius 1 is 0.714 bits per heavy atom. The minimum absolute atomic E-state index is 0.282. The first kappa shape index (κ1) is 16.5. The van der Waals surface area contributed by atoms with Gasteiger partial charge in [0.1, 0.15) is 9.52 Å². The monoisotopic (exact) mass is 298 g/mol. The maximum absolute atomic E-state index is 2.46. The van der Waals surface area contributed by atoms with Gasteiger partial charge in [-0.15, -0.1) is 0 Å². The molecule has 0 spiro atoms. The second kappa shape index (κ2) is 5.42. The summed E-state index contributed by atoms with van der Waals surface area (Å²) in [7, 11) is 0.885. The first-order valence-corrected chi connectivity index (χ1v) is 9.10. The predicted octanol–water partition coefficient (Wildman–Crippen LogP) is 5.99. The molecular weight excluding hydrogens is 268 g/mol. The Morgan fingerprint density at radius 3 is 1.29 bits per heavy atom. The van der Waals surface area contributed by atoms with Crippen LogP contribution in [0.25, 0.3) is 0 Å². The second-order valence-electron chi connectivity index (χ2n) is 8.48. The minimum Gasteiger partial charge on any atom is -0.0768 e. The van der Waals surface area contributed by atoms with Gasteiger partial charge in [-0.1, -0.05) is 75.2 Å². The van der Waals surface area contributed by atoms with E-state index >= 15 is 0 Å². The van der Waals surface area contributed by atoms with Crippen LogP contribution in [0.15, 0.2) is 44.8 Å². The van der Waals surface area contributed by atoms with Crippen LogP contribution in [0.2, 0.25) is 0 Å². The Labute approximate surface area is 133 Å². The van der Waals surface area contributed by atoms with Crippen LogP contribution in [0.3, 0.4) is 0 Å². The highest BCUT2D eigenvalue weighted by Gasteiger charge is 2.28. The van der Waals surface area contributed by atoms with E-state index in [9.17, 15) is 0 Å². The van der Waals surface area contributed by atoms with Crippen molar-refractivity contribution in [3.63, 3.8) is 0 Å². The Morgan fingerprint density at radius 2 is 1.05 bits per heavy atom. The zero-order chi connectivity index (χ0) is 16.0. The molecule has 0 saturated carbocycles. The summed E-state index contributed by atoms with van der Waals surface area (Å²) in [6.07, 6.45) is 7.25. The molecule has 2 aliphatic rings. The van der Waals surface area contributed by atoms with Gasteiger partial charge < -0.3 is 0 Å². The summed E-state index contributed by atoms with van der Waals surface area (Å²) >= 11 is 0. The van der Waals surface area contributed by atoms with Gasteiger partial charge >= 0.3 is 0 Å². The summed E-state index contributed by atoms with van der Waals surface area (Å²) in [6.45, 7) is 18.6. The summed E-state index contributed by atoms with van der Waals surface area (Å²) in [5.74, 6) is 0. The van der Waals surface area contributed by atoms with Crippen LogP contribution in [0.5, 0.6) is 0 Å². The third-order valence-electron chi connectivity index (χ3n) is 4.65. The molecule has 2 rings (SSSR count). The first-order valence-electron chi connectivity index (χ1n) is 8.10. The summed E-state index contributed by atoms with van der Waals surface area (Å²) in [5.41, 5.74) is 6.81. The van der Waals surface area contributed by atoms with E-state index in [4.69, 9.17) is 0 Å². The average molecular weight is 299 g/mol. The summed E-state index contributed by atoms with van der Waals surface area (Å²) in [5, 5.41) is 3.33. The third-order valence-corrected chi connectivity index (χ3v) is 6.41. The van der Waals surface area contributed by atoms with Gasteiger partial charge in [0, 0.05) is 0 Å². The normalized spacial score (nSPS) is 20.4. The number of hydrogen-bond acceptors (Lipinski definition) is 0. The largest absolute Gasteiger partial charge is 0.111 e. The summed E-state index contributed by atoms with van der Waals surface area (Å²) in [4.78, 5) is 0. The van der Waals surface area contributed by atoms with Crippen LogP contribution in [0.4, 0.5) is 0 Å².